The molecule has 4 rings (SSSR count). The van der Waals surface area contributed by atoms with Crippen molar-refractivity contribution >= 4 is 28.1 Å². The van der Waals surface area contributed by atoms with Gasteiger partial charge < -0.3 is 5.32 Å². The molecule has 0 radical (unpaired) electrons. The predicted molar refractivity (Wildman–Crippen MR) is 115 cm³/mol. The first-order chi connectivity index (χ1) is 14.1. The molecule has 0 saturated carbocycles. The van der Waals surface area contributed by atoms with Crippen LogP contribution in [-0.2, 0) is 30.6 Å². The Kier molecular flexibility index (Phi) is 6.04. The number of carbonyl (C=O) groups excluding carboxylic acids is 1. The summed E-state index contributed by atoms with van der Waals surface area (Å²) in [5.74, 6) is -0.0420. The van der Waals surface area contributed by atoms with Gasteiger partial charge in [0.1, 0.15) is 0 Å². The van der Waals surface area contributed by atoms with Crippen molar-refractivity contribution in [3.63, 3.8) is 0 Å². The fourth-order valence-electron chi connectivity index (χ4n) is 3.79. The first kappa shape index (κ1) is 19.8. The lowest BCUT2D eigenvalue weighted by atomic mass is 10.0. The maximum Gasteiger partial charge on any atom is 0.261 e. The van der Waals surface area contributed by atoms with Gasteiger partial charge in [-0.25, -0.2) is 9.97 Å². The summed E-state index contributed by atoms with van der Waals surface area (Å²) >= 11 is 1.84. The average Bonchev–Trinajstić information content (AvgIpc) is 3.14. The molecule has 1 aliphatic rings. The molecule has 0 bridgehead atoms. The zero-order chi connectivity index (χ0) is 20.2. The highest BCUT2D eigenvalue weighted by Gasteiger charge is 2.14. The Bertz CT molecular complexity index is 1060. The van der Waals surface area contributed by atoms with Crippen LogP contribution in [0.1, 0.15) is 46.8 Å². The van der Waals surface area contributed by atoms with Crippen molar-refractivity contribution in [3.05, 3.63) is 56.0 Å². The van der Waals surface area contributed by atoms with Crippen molar-refractivity contribution in [1.29, 1.82) is 0 Å². The summed E-state index contributed by atoms with van der Waals surface area (Å²) in [6, 6.07) is 5.58. The van der Waals surface area contributed by atoms with Crippen LogP contribution >= 0.6 is 11.3 Å². The number of aromatic nitrogens is 3. The van der Waals surface area contributed by atoms with E-state index in [4.69, 9.17) is 4.98 Å². The molecule has 1 aliphatic carbocycles. The van der Waals surface area contributed by atoms with Crippen LogP contribution in [0.4, 0.5) is 0 Å². The van der Waals surface area contributed by atoms with E-state index in [1.165, 1.54) is 45.7 Å². The molecule has 0 spiro atoms. The molecule has 1 amide bonds. The largest absolute Gasteiger partial charge is 0.356 e. The van der Waals surface area contributed by atoms with Gasteiger partial charge >= 0.3 is 0 Å². The Morgan fingerprint density at radius 1 is 1.28 bits per heavy atom. The molecule has 0 unspecified atom stereocenters. The number of nitrogens with one attached hydrogen (secondary N) is 1. The summed E-state index contributed by atoms with van der Waals surface area (Å²) in [5, 5.41) is 4.74. The normalized spacial score (nSPS) is 13.4. The maximum absolute atomic E-state index is 12.6. The minimum Gasteiger partial charge on any atom is -0.356 e. The third-order valence-corrected chi connectivity index (χ3v) is 6.63. The molecule has 0 aliphatic heterocycles. The lowest BCUT2D eigenvalue weighted by Crippen LogP contribution is -2.28. The molecule has 3 aromatic rings. The smallest absolute Gasteiger partial charge is 0.261 e. The number of thiazole rings is 1. The Morgan fingerprint density at radius 2 is 2.14 bits per heavy atom. The number of rotatable bonds is 7. The standard InChI is InChI=1S/C22H26N4O2S/c1-15-6-4-7-16-21(15)24-14-26(22(16)28)13-11-19(27)23-12-5-10-20-25-17-8-2-3-9-18(17)29-20/h4,6-7,14H,2-3,5,8-13H2,1H3,(H,23,27). The van der Waals surface area contributed by atoms with Gasteiger partial charge in [-0.2, -0.15) is 0 Å². The molecule has 6 nitrogen and oxygen atoms in total. The Balaban J connectivity index is 1.24. The van der Waals surface area contributed by atoms with E-state index in [-0.39, 0.29) is 17.9 Å². The summed E-state index contributed by atoms with van der Waals surface area (Å²) in [6.07, 6.45) is 8.42. The molecule has 1 aromatic carbocycles. The Hall–Kier alpha value is -2.54. The number of carbonyl (C=O) groups is 1. The Morgan fingerprint density at radius 3 is 3.00 bits per heavy atom. The lowest BCUT2D eigenvalue weighted by molar-refractivity contribution is -0.121. The van der Waals surface area contributed by atoms with Crippen molar-refractivity contribution in [2.24, 2.45) is 0 Å². The van der Waals surface area contributed by atoms with E-state index in [1.54, 1.807) is 6.07 Å². The summed E-state index contributed by atoms with van der Waals surface area (Å²) in [5.41, 5.74) is 2.90. The highest BCUT2D eigenvalue weighted by atomic mass is 32.1. The molecule has 1 N–H and O–H groups in total. The molecule has 0 fully saturated rings. The van der Waals surface area contributed by atoms with E-state index in [9.17, 15) is 9.59 Å². The van der Waals surface area contributed by atoms with Gasteiger partial charge in [-0.3, -0.25) is 14.2 Å². The van der Waals surface area contributed by atoms with Crippen LogP contribution in [-0.4, -0.2) is 27.0 Å². The van der Waals surface area contributed by atoms with E-state index in [0.29, 0.717) is 18.5 Å². The second kappa shape index (κ2) is 8.86. The van der Waals surface area contributed by atoms with Crippen molar-refractivity contribution in [3.8, 4) is 0 Å². The number of aryl methyl sites for hydroxylation is 5. The molecular weight excluding hydrogens is 384 g/mol. The minimum atomic E-state index is -0.0979. The van der Waals surface area contributed by atoms with Gasteiger partial charge in [-0.1, -0.05) is 12.1 Å². The molecule has 152 valence electrons. The van der Waals surface area contributed by atoms with Crippen molar-refractivity contribution < 1.29 is 4.79 Å². The second-order valence-corrected chi connectivity index (χ2v) is 8.77. The average molecular weight is 411 g/mol. The lowest BCUT2D eigenvalue weighted by Gasteiger charge is -2.08. The van der Waals surface area contributed by atoms with Crippen LogP contribution in [0.15, 0.2) is 29.3 Å². The summed E-state index contributed by atoms with van der Waals surface area (Å²) in [6.45, 7) is 2.90. The van der Waals surface area contributed by atoms with Crippen molar-refractivity contribution in [1.82, 2.24) is 19.9 Å². The van der Waals surface area contributed by atoms with Crippen LogP contribution in [0.3, 0.4) is 0 Å². The van der Waals surface area contributed by atoms with Crippen molar-refractivity contribution in [2.75, 3.05) is 6.54 Å². The highest BCUT2D eigenvalue weighted by molar-refractivity contribution is 7.11. The van der Waals surface area contributed by atoms with Gasteiger partial charge in [0, 0.05) is 30.8 Å². The van der Waals surface area contributed by atoms with E-state index in [0.717, 1.165) is 30.3 Å². The quantitative estimate of drug-likeness (QED) is 0.607. The number of para-hydroxylation sites is 1. The molecule has 0 atom stereocenters. The third-order valence-electron chi connectivity index (χ3n) is 5.41. The van der Waals surface area contributed by atoms with E-state index in [1.807, 2.05) is 30.4 Å². The van der Waals surface area contributed by atoms with E-state index >= 15 is 0 Å². The highest BCUT2D eigenvalue weighted by Crippen LogP contribution is 2.27. The van der Waals surface area contributed by atoms with Gasteiger partial charge in [0.15, 0.2) is 0 Å². The van der Waals surface area contributed by atoms with Gasteiger partial charge in [0.2, 0.25) is 5.91 Å². The van der Waals surface area contributed by atoms with Gasteiger partial charge in [-0.05, 0) is 50.7 Å². The van der Waals surface area contributed by atoms with Gasteiger partial charge in [-0.15, -0.1) is 11.3 Å². The molecule has 29 heavy (non-hydrogen) atoms. The van der Waals surface area contributed by atoms with Gasteiger partial charge in [0.05, 0.1) is 27.9 Å². The first-order valence-corrected chi connectivity index (χ1v) is 11.1. The van der Waals surface area contributed by atoms with Crippen molar-refractivity contribution in [2.45, 2.75) is 58.4 Å². The predicted octanol–water partition coefficient (Wildman–Crippen LogP) is 3.18. The molecule has 2 heterocycles. The van der Waals surface area contributed by atoms with Crippen LogP contribution < -0.4 is 10.9 Å². The topological polar surface area (TPSA) is 76.9 Å². The second-order valence-electron chi connectivity index (χ2n) is 7.60. The number of benzene rings is 1. The zero-order valence-electron chi connectivity index (χ0n) is 16.7. The number of hydrogen-bond donors (Lipinski definition) is 1. The molecule has 2 aromatic heterocycles. The monoisotopic (exact) mass is 410 g/mol. The summed E-state index contributed by atoms with van der Waals surface area (Å²) in [7, 11) is 0. The maximum atomic E-state index is 12.6. The fraction of sp³-hybridized carbons (Fsp3) is 0.455. The zero-order valence-corrected chi connectivity index (χ0v) is 17.6. The first-order valence-electron chi connectivity index (χ1n) is 10.3. The molecule has 0 saturated heterocycles. The summed E-state index contributed by atoms with van der Waals surface area (Å²) in [4.78, 5) is 35.3. The molecule has 7 heteroatoms. The van der Waals surface area contributed by atoms with E-state index < -0.39 is 0 Å². The minimum absolute atomic E-state index is 0.0420. The van der Waals surface area contributed by atoms with Crippen LogP contribution in [0.25, 0.3) is 10.9 Å². The van der Waals surface area contributed by atoms with Crippen LogP contribution in [0.2, 0.25) is 0 Å². The van der Waals surface area contributed by atoms with Gasteiger partial charge in [0.25, 0.3) is 5.56 Å². The number of nitrogens with zero attached hydrogens (tertiary/aromatic N) is 3. The molecular formula is C22H26N4O2S. The SMILES string of the molecule is Cc1cccc2c(=O)n(CCC(=O)NCCCc3nc4c(s3)CCCC4)cnc12. The fourth-order valence-corrected chi connectivity index (χ4v) is 4.99. The van der Waals surface area contributed by atoms with E-state index in [2.05, 4.69) is 10.3 Å². The number of amides is 1. The number of fused-ring (bicyclic) bond motifs is 2. The third kappa shape index (κ3) is 4.56. The van der Waals surface area contributed by atoms with Crippen LogP contribution in [0, 0.1) is 6.92 Å². The summed E-state index contributed by atoms with van der Waals surface area (Å²) < 4.78 is 1.52. The number of hydrogen-bond acceptors (Lipinski definition) is 5. The Labute approximate surface area is 174 Å². The van der Waals surface area contributed by atoms with Crippen LogP contribution in [0.5, 0.6) is 0 Å².